The molecule has 0 saturated heterocycles. The highest BCUT2D eigenvalue weighted by Gasteiger charge is 2.34. The van der Waals surface area contributed by atoms with Crippen LogP contribution in [0, 0.1) is 11.8 Å². The van der Waals surface area contributed by atoms with Crippen molar-refractivity contribution in [3.63, 3.8) is 0 Å². The maximum atomic E-state index is 12.9. The minimum absolute atomic E-state index is 0.229. The first kappa shape index (κ1) is 17.5. The minimum Gasteiger partial charge on any atom is -0.356 e. The molecule has 21 heavy (non-hydrogen) atoms. The number of nitrogens with two attached hydrogens (primary N) is 1. The summed E-state index contributed by atoms with van der Waals surface area (Å²) >= 11 is 0. The van der Waals surface area contributed by atoms with Gasteiger partial charge in [0.25, 0.3) is 0 Å². The summed E-state index contributed by atoms with van der Waals surface area (Å²) in [5, 5.41) is 0. The molecule has 0 aromatic carbocycles. The van der Waals surface area contributed by atoms with E-state index in [1.165, 1.54) is 0 Å². The van der Waals surface area contributed by atoms with Gasteiger partial charge < -0.3 is 4.90 Å². The van der Waals surface area contributed by atoms with Crippen molar-refractivity contribution in [3.8, 4) is 0 Å². The Hall–Kier alpha value is -1.57. The lowest BCUT2D eigenvalue weighted by atomic mass is 10.1. The quantitative estimate of drug-likeness (QED) is 0.625. The van der Waals surface area contributed by atoms with E-state index in [2.05, 4.69) is 15.4 Å². The van der Waals surface area contributed by atoms with Gasteiger partial charge in [0.05, 0.1) is 0 Å². The number of nitrogens with one attached hydrogen (secondary N) is 1. The second-order valence-electron chi connectivity index (χ2n) is 5.77. The minimum atomic E-state index is -4.54. The van der Waals surface area contributed by atoms with Crippen LogP contribution in [0.4, 0.5) is 24.9 Å². The lowest BCUT2D eigenvalue weighted by Crippen LogP contribution is -2.33. The van der Waals surface area contributed by atoms with Gasteiger partial charge in [-0.25, -0.2) is 10.8 Å². The third-order valence-corrected chi connectivity index (χ3v) is 2.63. The summed E-state index contributed by atoms with van der Waals surface area (Å²) in [6.07, 6.45) is -4.54. The number of hydrogen-bond donors (Lipinski definition) is 2. The van der Waals surface area contributed by atoms with E-state index in [-0.39, 0.29) is 11.8 Å². The van der Waals surface area contributed by atoms with Crippen LogP contribution in [-0.2, 0) is 6.18 Å². The van der Waals surface area contributed by atoms with E-state index in [1.807, 2.05) is 32.6 Å². The van der Waals surface area contributed by atoms with Gasteiger partial charge in [-0.1, -0.05) is 27.7 Å². The Morgan fingerprint density at radius 3 is 2.05 bits per heavy atom. The zero-order valence-electron chi connectivity index (χ0n) is 12.7. The van der Waals surface area contributed by atoms with E-state index in [9.17, 15) is 13.2 Å². The summed E-state index contributed by atoms with van der Waals surface area (Å²) in [6, 6.07) is 0.964. The van der Waals surface area contributed by atoms with Gasteiger partial charge >= 0.3 is 6.18 Å². The highest BCUT2D eigenvalue weighted by atomic mass is 19.4. The van der Waals surface area contributed by atoms with Crippen LogP contribution in [0.3, 0.4) is 0 Å². The van der Waals surface area contributed by atoms with Crippen molar-refractivity contribution in [2.45, 2.75) is 33.9 Å². The molecule has 0 aliphatic heterocycles. The van der Waals surface area contributed by atoms with Crippen molar-refractivity contribution in [2.75, 3.05) is 23.4 Å². The molecule has 8 heteroatoms. The Morgan fingerprint density at radius 1 is 1.14 bits per heavy atom. The van der Waals surface area contributed by atoms with Crippen molar-refractivity contribution < 1.29 is 13.2 Å². The van der Waals surface area contributed by atoms with E-state index in [0.29, 0.717) is 24.9 Å². The molecule has 0 atom stereocenters. The molecule has 0 aliphatic rings. The van der Waals surface area contributed by atoms with E-state index in [4.69, 9.17) is 5.84 Å². The number of halogens is 3. The topological polar surface area (TPSA) is 67.1 Å². The molecular weight excluding hydrogens is 283 g/mol. The summed E-state index contributed by atoms with van der Waals surface area (Å²) in [7, 11) is 0. The molecule has 0 radical (unpaired) electrons. The SMILES string of the molecule is CC(C)CN(CC(C)C)c1cc(C(F)(F)F)nc(NN)n1. The molecule has 0 unspecified atom stereocenters. The Balaban J connectivity index is 3.22. The number of rotatable bonds is 6. The molecule has 0 fully saturated rings. The van der Waals surface area contributed by atoms with E-state index < -0.39 is 11.9 Å². The van der Waals surface area contributed by atoms with Crippen LogP contribution in [0.5, 0.6) is 0 Å². The van der Waals surface area contributed by atoms with Crippen molar-refractivity contribution in [3.05, 3.63) is 11.8 Å². The van der Waals surface area contributed by atoms with Gasteiger partial charge in [-0.05, 0) is 11.8 Å². The average molecular weight is 305 g/mol. The van der Waals surface area contributed by atoms with Crippen molar-refractivity contribution in [1.82, 2.24) is 9.97 Å². The van der Waals surface area contributed by atoms with Crippen LogP contribution in [0.1, 0.15) is 33.4 Å². The zero-order valence-corrected chi connectivity index (χ0v) is 12.7. The van der Waals surface area contributed by atoms with Crippen LogP contribution in [-0.4, -0.2) is 23.1 Å². The average Bonchev–Trinajstić information content (AvgIpc) is 2.35. The standard InChI is InChI=1S/C13H22F3N5/c1-8(2)6-21(7-9(3)4)11-5-10(13(14,15)16)18-12(19-11)20-17/h5,8-9H,6-7,17H2,1-4H3,(H,18,19,20). The van der Waals surface area contributed by atoms with E-state index >= 15 is 0 Å². The van der Waals surface area contributed by atoms with Crippen LogP contribution in [0.15, 0.2) is 6.07 Å². The lowest BCUT2D eigenvalue weighted by molar-refractivity contribution is -0.141. The predicted molar refractivity (Wildman–Crippen MR) is 76.7 cm³/mol. The fraction of sp³-hybridized carbons (Fsp3) is 0.692. The zero-order chi connectivity index (χ0) is 16.2. The highest BCUT2D eigenvalue weighted by molar-refractivity contribution is 5.45. The Morgan fingerprint density at radius 2 is 1.67 bits per heavy atom. The monoisotopic (exact) mass is 305 g/mol. The van der Waals surface area contributed by atoms with Crippen LogP contribution in [0.2, 0.25) is 0 Å². The maximum absolute atomic E-state index is 12.9. The van der Waals surface area contributed by atoms with Crippen LogP contribution in [0.25, 0.3) is 0 Å². The number of aromatic nitrogens is 2. The number of hydrogen-bond acceptors (Lipinski definition) is 5. The van der Waals surface area contributed by atoms with Gasteiger partial charge in [-0.2, -0.15) is 18.2 Å². The molecule has 0 spiro atoms. The number of nitrogens with zero attached hydrogens (tertiary/aromatic N) is 3. The second kappa shape index (κ2) is 6.93. The molecule has 0 saturated carbocycles. The third kappa shape index (κ3) is 5.37. The first-order valence-corrected chi connectivity index (χ1v) is 6.81. The molecule has 0 aliphatic carbocycles. The number of alkyl halides is 3. The lowest BCUT2D eigenvalue weighted by Gasteiger charge is -2.28. The summed E-state index contributed by atoms with van der Waals surface area (Å²) in [5.74, 6) is 5.75. The number of nitrogen functional groups attached to an aromatic ring is 1. The number of anilines is 2. The first-order valence-electron chi connectivity index (χ1n) is 6.81. The molecule has 0 bridgehead atoms. The predicted octanol–water partition coefficient (Wildman–Crippen LogP) is 2.90. The van der Waals surface area contributed by atoms with Crippen molar-refractivity contribution >= 4 is 11.8 Å². The molecule has 1 rings (SSSR count). The van der Waals surface area contributed by atoms with Crippen molar-refractivity contribution in [2.24, 2.45) is 17.7 Å². The largest absolute Gasteiger partial charge is 0.433 e. The normalized spacial score (nSPS) is 12.1. The van der Waals surface area contributed by atoms with Gasteiger partial charge in [0.1, 0.15) is 5.82 Å². The van der Waals surface area contributed by atoms with Crippen molar-refractivity contribution in [1.29, 1.82) is 0 Å². The molecule has 120 valence electrons. The fourth-order valence-corrected chi connectivity index (χ4v) is 1.95. The Bertz CT molecular complexity index is 450. The summed E-state index contributed by atoms with van der Waals surface area (Å²) in [6.45, 7) is 9.22. The molecule has 1 aromatic rings. The smallest absolute Gasteiger partial charge is 0.356 e. The van der Waals surface area contributed by atoms with Gasteiger partial charge in [-0.3, -0.25) is 5.43 Å². The summed E-state index contributed by atoms with van der Waals surface area (Å²) in [5.41, 5.74) is 1.09. The molecular formula is C13H22F3N5. The second-order valence-corrected chi connectivity index (χ2v) is 5.77. The van der Waals surface area contributed by atoms with Crippen LogP contribution < -0.4 is 16.2 Å². The summed E-state index contributed by atoms with van der Waals surface area (Å²) < 4.78 is 38.7. The highest BCUT2D eigenvalue weighted by Crippen LogP contribution is 2.30. The molecule has 0 amide bonds. The molecule has 1 heterocycles. The van der Waals surface area contributed by atoms with E-state index in [0.717, 1.165) is 6.07 Å². The Kier molecular flexibility index (Phi) is 5.77. The van der Waals surface area contributed by atoms with Gasteiger partial charge in [0.2, 0.25) is 5.95 Å². The Labute approximate surface area is 122 Å². The first-order chi connectivity index (χ1) is 9.63. The number of hydrazine groups is 1. The molecule has 1 aromatic heterocycles. The van der Waals surface area contributed by atoms with E-state index in [1.54, 1.807) is 0 Å². The molecule has 5 nitrogen and oxygen atoms in total. The van der Waals surface area contributed by atoms with Gasteiger partial charge in [0, 0.05) is 19.2 Å². The van der Waals surface area contributed by atoms with Gasteiger partial charge in [0.15, 0.2) is 5.69 Å². The third-order valence-electron chi connectivity index (χ3n) is 2.63. The maximum Gasteiger partial charge on any atom is 0.433 e. The fourth-order valence-electron chi connectivity index (χ4n) is 1.95. The summed E-state index contributed by atoms with van der Waals surface area (Å²) in [4.78, 5) is 9.24. The van der Waals surface area contributed by atoms with Gasteiger partial charge in [-0.15, -0.1) is 0 Å². The molecule has 3 N–H and O–H groups in total. The van der Waals surface area contributed by atoms with Crippen LogP contribution >= 0.6 is 0 Å².